The van der Waals surface area contributed by atoms with Gasteiger partial charge in [-0.2, -0.15) is 5.10 Å². The summed E-state index contributed by atoms with van der Waals surface area (Å²) in [6, 6.07) is 17.5. The van der Waals surface area contributed by atoms with Crippen molar-refractivity contribution in [2.24, 2.45) is 5.10 Å². The minimum absolute atomic E-state index is 0.357. The third-order valence-corrected chi connectivity index (χ3v) is 10.5. The van der Waals surface area contributed by atoms with E-state index in [4.69, 9.17) is 9.84 Å². The van der Waals surface area contributed by atoms with Gasteiger partial charge >= 0.3 is 0 Å². The van der Waals surface area contributed by atoms with Crippen LogP contribution in [0, 0.1) is 20.8 Å². The molecule has 1 aromatic heterocycles. The summed E-state index contributed by atoms with van der Waals surface area (Å²) >= 11 is 0. The lowest BCUT2D eigenvalue weighted by molar-refractivity contribution is 0.137. The molecule has 214 valence electrons. The van der Waals surface area contributed by atoms with E-state index in [1.54, 1.807) is 3.97 Å². The smallest absolute Gasteiger partial charge is 0.269 e. The molecule has 41 heavy (non-hydrogen) atoms. The largest absolute Gasteiger partial charge is 0.487 e. The molecule has 0 aliphatic carbocycles. The first kappa shape index (κ1) is 27.5. The van der Waals surface area contributed by atoms with E-state index in [-0.39, 0.29) is 5.60 Å². The molecule has 0 radical (unpaired) electrons. The monoisotopic (exact) mass is 570 g/mol. The molecule has 0 amide bonds. The van der Waals surface area contributed by atoms with Gasteiger partial charge in [-0.15, -0.1) is 0 Å². The molecular formula is C33H38N4O3S. The second-order valence-electron chi connectivity index (χ2n) is 12.0. The summed E-state index contributed by atoms with van der Waals surface area (Å²) in [5.74, 6) is 0.824. The Morgan fingerprint density at radius 2 is 1.54 bits per heavy atom. The summed E-state index contributed by atoms with van der Waals surface area (Å²) in [5, 5.41) is 7.78. The Morgan fingerprint density at radius 1 is 0.878 bits per heavy atom. The topological polar surface area (TPSA) is 67.1 Å². The minimum atomic E-state index is -4.04. The lowest BCUT2D eigenvalue weighted by atomic mass is 9.94. The molecule has 3 aromatic carbocycles. The maximum absolute atomic E-state index is 15.0. The van der Waals surface area contributed by atoms with Gasteiger partial charge in [0.1, 0.15) is 11.4 Å². The van der Waals surface area contributed by atoms with E-state index in [9.17, 15) is 0 Å². The Balaban J connectivity index is 1.62. The van der Waals surface area contributed by atoms with Crippen molar-refractivity contribution in [1.29, 1.82) is 0 Å². The molecular weight excluding hydrogens is 532 g/mol. The highest BCUT2D eigenvalue weighted by Gasteiger charge is 2.38. The second-order valence-corrected chi connectivity index (χ2v) is 13.7. The molecule has 0 spiro atoms. The Morgan fingerprint density at radius 3 is 2.24 bits per heavy atom. The van der Waals surface area contributed by atoms with E-state index < -0.39 is 10.0 Å². The zero-order chi connectivity index (χ0) is 29.1. The van der Waals surface area contributed by atoms with Crippen LogP contribution in [0.1, 0.15) is 41.7 Å². The maximum Gasteiger partial charge on any atom is 0.269 e. The van der Waals surface area contributed by atoms with Crippen molar-refractivity contribution in [2.45, 2.75) is 51.5 Å². The van der Waals surface area contributed by atoms with Crippen molar-refractivity contribution >= 4 is 27.1 Å². The van der Waals surface area contributed by atoms with Crippen molar-refractivity contribution in [2.75, 3.05) is 33.2 Å². The molecule has 0 bridgehead atoms. The van der Waals surface area contributed by atoms with E-state index in [1.807, 2.05) is 95.4 Å². The van der Waals surface area contributed by atoms with Gasteiger partial charge in [0.15, 0.2) is 0 Å². The number of likely N-dealkylation sites (N-methyl/N-ethyl adjacent to an activating group) is 1. The standard InChI is InChI=1S/C33H38N4O3S/c1-22-23(2)32(24(3)27-20-33(4,5)40-31(22)27)41(38,39)37-29-15-11-10-14-26(29)28(30(37)25-12-8-7-9-13-25)21-34-36-18-16-35(6)17-19-36/h7-15,21H,16-20H2,1-6H3/b34-21+. The third-order valence-electron chi connectivity index (χ3n) is 8.54. The number of benzene rings is 3. The van der Waals surface area contributed by atoms with Gasteiger partial charge in [0.05, 0.1) is 22.3 Å². The second kappa shape index (κ2) is 10.0. The number of hydrogen-bond donors (Lipinski definition) is 0. The fraction of sp³-hybridized carbons (Fsp3) is 0.364. The van der Waals surface area contributed by atoms with Crippen LogP contribution in [0.2, 0.25) is 0 Å². The molecule has 3 heterocycles. The van der Waals surface area contributed by atoms with Gasteiger partial charge in [0.25, 0.3) is 10.0 Å². The molecule has 0 atom stereocenters. The SMILES string of the molecule is Cc1c(C)c(S(=O)(=O)n2c(-c3ccccc3)c(/C=N/N3CCN(C)CC3)c3ccccc32)c(C)c2c1OC(C)(C)C2. The zero-order valence-corrected chi connectivity index (χ0v) is 25.5. The number of fused-ring (bicyclic) bond motifs is 2. The van der Waals surface area contributed by atoms with E-state index >= 15 is 8.42 Å². The molecule has 2 aliphatic heterocycles. The van der Waals surface area contributed by atoms with Crippen molar-refractivity contribution in [1.82, 2.24) is 13.9 Å². The summed E-state index contributed by atoms with van der Waals surface area (Å²) in [6.45, 7) is 13.4. The van der Waals surface area contributed by atoms with Gasteiger partial charge < -0.3 is 9.64 Å². The number of para-hydroxylation sites is 1. The Kier molecular flexibility index (Phi) is 6.74. The Labute approximate surface area is 243 Å². The Hall–Kier alpha value is -3.62. The predicted molar refractivity (Wildman–Crippen MR) is 166 cm³/mol. The van der Waals surface area contributed by atoms with Crippen molar-refractivity contribution in [3.63, 3.8) is 0 Å². The van der Waals surface area contributed by atoms with Crippen LogP contribution in [0.3, 0.4) is 0 Å². The fourth-order valence-corrected chi connectivity index (χ4v) is 8.35. The van der Waals surface area contributed by atoms with Crippen LogP contribution in [0.4, 0.5) is 0 Å². The number of rotatable bonds is 5. The fourth-order valence-electron chi connectivity index (χ4n) is 6.26. The van der Waals surface area contributed by atoms with Gasteiger partial charge in [0.2, 0.25) is 0 Å². The van der Waals surface area contributed by atoms with Gasteiger partial charge in [-0.3, -0.25) is 5.01 Å². The first-order valence-corrected chi connectivity index (χ1v) is 15.7. The molecule has 0 unspecified atom stereocenters. The number of hydrazone groups is 1. The van der Waals surface area contributed by atoms with Gasteiger partial charge in [0, 0.05) is 49.1 Å². The predicted octanol–water partition coefficient (Wildman–Crippen LogP) is 5.77. The van der Waals surface area contributed by atoms with Crippen LogP contribution in [-0.2, 0) is 16.4 Å². The zero-order valence-electron chi connectivity index (χ0n) is 24.7. The van der Waals surface area contributed by atoms with E-state index in [0.717, 1.165) is 70.7 Å². The highest BCUT2D eigenvalue weighted by molar-refractivity contribution is 7.90. The van der Waals surface area contributed by atoms with Crippen molar-refractivity contribution in [3.05, 3.63) is 82.4 Å². The third kappa shape index (κ3) is 4.63. The molecule has 6 rings (SSSR count). The lowest BCUT2D eigenvalue weighted by Crippen LogP contribution is -2.41. The molecule has 8 heteroatoms. The molecule has 0 saturated carbocycles. The van der Waals surface area contributed by atoms with Crippen LogP contribution in [-0.4, -0.2) is 67.3 Å². The number of aromatic nitrogens is 1. The summed E-state index contributed by atoms with van der Waals surface area (Å²) in [5.41, 5.74) is 5.85. The quantitative estimate of drug-likeness (QED) is 0.285. The molecule has 0 N–H and O–H groups in total. The number of piperazine rings is 1. The van der Waals surface area contributed by atoms with Gasteiger partial charge in [-0.05, 0) is 70.0 Å². The molecule has 1 saturated heterocycles. The van der Waals surface area contributed by atoms with Crippen LogP contribution in [0.25, 0.3) is 22.2 Å². The van der Waals surface area contributed by atoms with Crippen LogP contribution in [0.15, 0.2) is 64.6 Å². The van der Waals surface area contributed by atoms with Crippen LogP contribution < -0.4 is 4.74 Å². The van der Waals surface area contributed by atoms with E-state index in [2.05, 4.69) is 17.0 Å². The molecule has 7 nitrogen and oxygen atoms in total. The maximum atomic E-state index is 15.0. The van der Waals surface area contributed by atoms with Crippen LogP contribution in [0.5, 0.6) is 5.75 Å². The summed E-state index contributed by atoms with van der Waals surface area (Å²) in [6.07, 6.45) is 2.52. The number of ether oxygens (including phenoxy) is 1. The highest BCUT2D eigenvalue weighted by Crippen LogP contribution is 2.45. The minimum Gasteiger partial charge on any atom is -0.487 e. The Bertz CT molecular complexity index is 1780. The first-order valence-electron chi connectivity index (χ1n) is 14.2. The summed E-state index contributed by atoms with van der Waals surface area (Å²) in [7, 11) is -1.92. The van der Waals surface area contributed by atoms with Crippen molar-refractivity contribution in [3.8, 4) is 17.0 Å². The molecule has 1 fully saturated rings. The summed E-state index contributed by atoms with van der Waals surface area (Å²) < 4.78 is 37.9. The first-order chi connectivity index (χ1) is 19.5. The van der Waals surface area contributed by atoms with E-state index in [0.29, 0.717) is 22.5 Å². The average molecular weight is 571 g/mol. The van der Waals surface area contributed by atoms with Gasteiger partial charge in [-0.1, -0.05) is 48.5 Å². The van der Waals surface area contributed by atoms with E-state index in [1.165, 1.54) is 0 Å². The highest BCUT2D eigenvalue weighted by atomic mass is 32.2. The summed E-state index contributed by atoms with van der Waals surface area (Å²) in [4.78, 5) is 2.64. The molecule has 2 aliphatic rings. The average Bonchev–Trinajstić information content (AvgIpc) is 3.47. The van der Waals surface area contributed by atoms with Gasteiger partial charge in [-0.25, -0.2) is 12.4 Å². The van der Waals surface area contributed by atoms with Crippen molar-refractivity contribution < 1.29 is 13.2 Å². The number of nitrogens with zero attached hydrogens (tertiary/aromatic N) is 4. The normalized spacial score (nSPS) is 17.4. The number of hydrogen-bond acceptors (Lipinski definition) is 6. The lowest BCUT2D eigenvalue weighted by Gasteiger charge is -2.30. The molecule has 4 aromatic rings. The van der Waals surface area contributed by atoms with Crippen LogP contribution >= 0.6 is 0 Å².